The Hall–Kier alpha value is -2.30. The molecule has 0 spiro atoms. The number of fused-ring (bicyclic) bond motifs is 1. The van der Waals surface area contributed by atoms with Crippen molar-refractivity contribution in [3.63, 3.8) is 0 Å². The minimum atomic E-state index is -1.07. The Bertz CT molecular complexity index is 923. The molecule has 5 N–H and O–H groups in total. The lowest BCUT2D eigenvalue weighted by molar-refractivity contribution is 0.0993. The second-order valence-electron chi connectivity index (χ2n) is 7.69. The van der Waals surface area contributed by atoms with Crippen LogP contribution in [-0.4, -0.2) is 49.3 Å². The third-order valence-electron chi connectivity index (χ3n) is 4.10. The van der Waals surface area contributed by atoms with Gasteiger partial charge in [-0.3, -0.25) is 9.79 Å². The van der Waals surface area contributed by atoms with Gasteiger partial charge in [0.1, 0.15) is 17.4 Å². The van der Waals surface area contributed by atoms with Crippen LogP contribution in [0.5, 0.6) is 0 Å². The van der Waals surface area contributed by atoms with Crippen molar-refractivity contribution in [3.05, 3.63) is 28.0 Å². The summed E-state index contributed by atoms with van der Waals surface area (Å²) in [5, 5.41) is 8.39. The second-order valence-corrected chi connectivity index (χ2v) is 14.4. The molecule has 0 aliphatic rings. The highest BCUT2D eigenvalue weighted by Crippen LogP contribution is 2.30. The smallest absolute Gasteiger partial charge is 0.266 e. The molecule has 152 valence electrons. The van der Waals surface area contributed by atoms with Crippen molar-refractivity contribution < 1.29 is 9.53 Å². The topological polar surface area (TPSA) is 132 Å². The van der Waals surface area contributed by atoms with Crippen molar-refractivity contribution in [2.75, 3.05) is 13.3 Å². The number of ether oxygens (including phenoxy) is 1. The highest BCUT2D eigenvalue weighted by atomic mass is 32.1. The van der Waals surface area contributed by atoms with Gasteiger partial charge in [-0.05, 0) is 12.1 Å². The van der Waals surface area contributed by atoms with E-state index >= 15 is 0 Å². The first-order valence-corrected chi connectivity index (χ1v) is 13.5. The summed E-state index contributed by atoms with van der Waals surface area (Å²) in [5.74, 6) is -0.574. The van der Waals surface area contributed by atoms with Crippen LogP contribution in [-0.2, 0) is 18.2 Å². The van der Waals surface area contributed by atoms with Crippen LogP contribution in [0.1, 0.15) is 21.1 Å². The summed E-state index contributed by atoms with van der Waals surface area (Å²) in [6.45, 7) is 8.00. The summed E-state index contributed by atoms with van der Waals surface area (Å²) in [7, 11) is 0.643. The van der Waals surface area contributed by atoms with E-state index in [1.165, 1.54) is 11.3 Å². The molecule has 0 aliphatic carbocycles. The van der Waals surface area contributed by atoms with Crippen molar-refractivity contribution in [1.82, 2.24) is 9.55 Å². The number of nitrogens with zero attached hydrogens (tertiary/aromatic N) is 3. The number of allylic oxidation sites excluding steroid dienone is 2. The molecule has 0 fully saturated rings. The Morgan fingerprint density at radius 2 is 2.11 bits per heavy atom. The van der Waals surface area contributed by atoms with E-state index in [4.69, 9.17) is 21.6 Å². The Balaban J connectivity index is 1.98. The van der Waals surface area contributed by atoms with Gasteiger partial charge in [0.05, 0.1) is 4.70 Å². The van der Waals surface area contributed by atoms with Gasteiger partial charge >= 0.3 is 0 Å². The van der Waals surface area contributed by atoms with Gasteiger partial charge in [-0.2, -0.15) is 0 Å². The number of primary amides is 1. The number of hydrogen-bond acceptors (Lipinski definition) is 7. The van der Waals surface area contributed by atoms with E-state index in [9.17, 15) is 4.79 Å². The van der Waals surface area contributed by atoms with Crippen molar-refractivity contribution in [2.45, 2.75) is 32.1 Å². The molecule has 10 heteroatoms. The van der Waals surface area contributed by atoms with Crippen LogP contribution in [0.15, 0.2) is 16.8 Å². The summed E-state index contributed by atoms with van der Waals surface area (Å²) >= 11 is 1.40. The molecule has 2 aromatic rings. The van der Waals surface area contributed by atoms with Gasteiger partial charge in [-0.15, -0.1) is 11.3 Å². The molecule has 28 heavy (non-hydrogen) atoms. The third kappa shape index (κ3) is 5.60. The number of aliphatic imine (C=N–C) groups is 1. The summed E-state index contributed by atoms with van der Waals surface area (Å²) in [5.41, 5.74) is 13.5. The molecule has 0 bridgehead atoms. The largest absolute Gasteiger partial charge is 0.402 e. The van der Waals surface area contributed by atoms with Crippen LogP contribution in [0.3, 0.4) is 0 Å². The molecule has 2 heterocycles. The predicted octanol–water partition coefficient (Wildman–Crippen LogP) is 2.50. The summed E-state index contributed by atoms with van der Waals surface area (Å²) < 4.78 is 7.89. The highest BCUT2D eigenvalue weighted by Gasteiger charge is 2.21. The van der Waals surface area contributed by atoms with Crippen LogP contribution in [0.25, 0.3) is 10.3 Å². The van der Waals surface area contributed by atoms with E-state index in [0.717, 1.165) is 28.6 Å². The van der Waals surface area contributed by atoms with E-state index < -0.39 is 14.0 Å². The Morgan fingerprint density at radius 1 is 1.39 bits per heavy atom. The molecule has 0 saturated heterocycles. The first kappa shape index (κ1) is 22.0. The third-order valence-corrected chi connectivity index (χ3v) is 6.88. The average molecular weight is 421 g/mol. The van der Waals surface area contributed by atoms with Crippen LogP contribution in [0, 0.1) is 5.41 Å². The molecule has 0 aliphatic heterocycles. The molecule has 0 saturated carbocycles. The van der Waals surface area contributed by atoms with Crippen LogP contribution in [0.4, 0.5) is 0 Å². The van der Waals surface area contributed by atoms with E-state index in [0.29, 0.717) is 35.8 Å². The monoisotopic (exact) mass is 420 g/mol. The van der Waals surface area contributed by atoms with Crippen LogP contribution >= 0.6 is 11.3 Å². The normalized spacial score (nSPS) is 12.9. The lowest BCUT2D eigenvalue weighted by atomic mass is 10.2. The fourth-order valence-corrected chi connectivity index (χ4v) is 4.48. The number of rotatable bonds is 10. The lowest BCUT2D eigenvalue weighted by Crippen LogP contribution is -2.21. The van der Waals surface area contributed by atoms with Gasteiger partial charge < -0.3 is 26.2 Å². The maximum Gasteiger partial charge on any atom is 0.266 e. The second kappa shape index (κ2) is 9.26. The zero-order chi connectivity index (χ0) is 20.9. The molecule has 8 nitrogen and oxygen atoms in total. The maximum atomic E-state index is 11.6. The fraction of sp³-hybridized carbons (Fsp3) is 0.444. The number of nitrogens with one attached hydrogen (secondary N) is 1. The molecule has 2 rings (SSSR count). The molecule has 0 aromatic carbocycles. The zero-order valence-corrected chi connectivity index (χ0v) is 18.6. The molecule has 2 aromatic heterocycles. The number of carbonyl (C=O) groups is 1. The first-order chi connectivity index (χ1) is 13.1. The minimum absolute atomic E-state index is 0.292. The highest BCUT2D eigenvalue weighted by molar-refractivity contribution is 7.19. The van der Waals surface area contributed by atoms with Gasteiger partial charge in [0.25, 0.3) is 5.91 Å². The maximum absolute atomic E-state index is 11.6. The lowest BCUT2D eigenvalue weighted by Gasteiger charge is -2.14. The number of carbonyl (C=O) groups excluding carboxylic acids is 1. The Labute approximate surface area is 169 Å². The van der Waals surface area contributed by atoms with E-state index in [1.54, 1.807) is 23.9 Å². The Kier molecular flexibility index (Phi) is 7.27. The fourth-order valence-electron chi connectivity index (χ4n) is 2.58. The molecular weight excluding hydrogens is 392 g/mol. The van der Waals surface area contributed by atoms with Crippen molar-refractivity contribution in [1.29, 1.82) is 5.41 Å². The molecule has 0 atom stereocenters. The van der Waals surface area contributed by atoms with E-state index in [-0.39, 0.29) is 0 Å². The standard InChI is InChI=1S/C18H28N6O2SSi/c1-24-15(17(21)25)13(10-19)16-18(24)23-14(27-16)9-12(20)5-6-22-11-26-7-8-28(2,3)4/h5-6,10,19H,7-9,11,20H2,1-4H3,(H2,21,25). The van der Waals surface area contributed by atoms with Gasteiger partial charge in [0.2, 0.25) is 0 Å². The summed E-state index contributed by atoms with van der Waals surface area (Å²) in [6, 6.07) is 1.12. The van der Waals surface area contributed by atoms with Gasteiger partial charge in [0.15, 0.2) is 5.65 Å². The average Bonchev–Trinajstić information content (AvgIpc) is 3.10. The number of aryl methyl sites for hydroxylation is 1. The quantitative estimate of drug-likeness (QED) is 0.309. The number of nitrogens with two attached hydrogens (primary N) is 2. The van der Waals surface area contributed by atoms with Gasteiger partial charge in [0, 0.05) is 51.8 Å². The van der Waals surface area contributed by atoms with Crippen LogP contribution < -0.4 is 11.5 Å². The first-order valence-electron chi connectivity index (χ1n) is 8.94. The van der Waals surface area contributed by atoms with Crippen molar-refractivity contribution >= 4 is 48.1 Å². The number of amides is 1. The zero-order valence-electron chi connectivity index (χ0n) is 16.8. The SMILES string of the molecule is Cn1c(C(N)=O)c(C=N)c2sc(CC(N)=CC=NCOCC[Si](C)(C)C)nc21. The Morgan fingerprint density at radius 3 is 2.71 bits per heavy atom. The van der Waals surface area contributed by atoms with Crippen molar-refractivity contribution in [2.24, 2.45) is 23.5 Å². The molecule has 1 amide bonds. The molecule has 0 unspecified atom stereocenters. The van der Waals surface area contributed by atoms with Gasteiger partial charge in [-0.25, -0.2) is 4.98 Å². The molecule has 0 radical (unpaired) electrons. The van der Waals surface area contributed by atoms with Crippen molar-refractivity contribution in [3.8, 4) is 0 Å². The number of hydrogen-bond donors (Lipinski definition) is 3. The predicted molar refractivity (Wildman–Crippen MR) is 118 cm³/mol. The number of aromatic nitrogens is 2. The van der Waals surface area contributed by atoms with E-state index in [2.05, 4.69) is 29.6 Å². The number of thiazole rings is 1. The van der Waals surface area contributed by atoms with Gasteiger partial charge in [-0.1, -0.05) is 19.6 Å². The van der Waals surface area contributed by atoms with Crippen LogP contribution in [0.2, 0.25) is 25.7 Å². The summed E-state index contributed by atoms with van der Waals surface area (Å²) in [6.07, 6.45) is 4.98. The summed E-state index contributed by atoms with van der Waals surface area (Å²) in [4.78, 5) is 20.3. The molecular formula is C18H28N6O2SSi. The minimum Gasteiger partial charge on any atom is -0.402 e. The van der Waals surface area contributed by atoms with E-state index in [1.807, 2.05) is 0 Å².